The monoisotopic (exact) mass is 175 g/mol. The zero-order chi connectivity index (χ0) is 9.52. The first kappa shape index (κ1) is 9.85. The standard InChI is InChI=1S/C8H10.C4H7N/c1-7-5-3-4-6-8(7)2;1-2-4-5-3-1/h3-6H,1-2H3;1,3,5H,2,4H2. The van der Waals surface area contributed by atoms with E-state index in [0.29, 0.717) is 0 Å². The number of aryl methyl sites for hydroxylation is 2. The minimum absolute atomic E-state index is 1.14. The first-order chi connectivity index (χ1) is 6.30. The van der Waals surface area contributed by atoms with Crippen LogP contribution in [0, 0.1) is 13.8 Å². The summed E-state index contributed by atoms with van der Waals surface area (Å²) >= 11 is 0. The Morgan fingerprint density at radius 1 is 1.08 bits per heavy atom. The quantitative estimate of drug-likeness (QED) is 0.639. The first-order valence-corrected chi connectivity index (χ1v) is 4.71. The molecule has 1 aliphatic heterocycles. The van der Waals surface area contributed by atoms with E-state index in [2.05, 4.69) is 49.5 Å². The van der Waals surface area contributed by atoms with Crippen LogP contribution in [-0.4, -0.2) is 6.54 Å². The van der Waals surface area contributed by atoms with Gasteiger partial charge in [0.15, 0.2) is 0 Å². The summed E-state index contributed by atoms with van der Waals surface area (Å²) in [6.07, 6.45) is 5.32. The Labute approximate surface area is 80.5 Å². The molecule has 13 heavy (non-hydrogen) atoms. The highest BCUT2D eigenvalue weighted by atomic mass is 14.8. The van der Waals surface area contributed by atoms with Crippen LogP contribution in [0.1, 0.15) is 17.5 Å². The Morgan fingerprint density at radius 3 is 1.92 bits per heavy atom. The summed E-state index contributed by atoms with van der Waals surface area (Å²) in [5.74, 6) is 0. The predicted molar refractivity (Wildman–Crippen MR) is 57.7 cm³/mol. The van der Waals surface area contributed by atoms with E-state index in [1.54, 1.807) is 0 Å². The number of hydrogen-bond donors (Lipinski definition) is 1. The summed E-state index contributed by atoms with van der Waals surface area (Å²) in [6.45, 7) is 5.38. The maximum absolute atomic E-state index is 3.04. The molecule has 1 N–H and O–H groups in total. The molecule has 1 heterocycles. The Balaban J connectivity index is 0.000000145. The topological polar surface area (TPSA) is 12.0 Å². The van der Waals surface area contributed by atoms with Gasteiger partial charge in [0.05, 0.1) is 0 Å². The molecule has 0 fully saturated rings. The van der Waals surface area contributed by atoms with Crippen molar-refractivity contribution in [2.75, 3.05) is 6.54 Å². The molecule has 70 valence electrons. The van der Waals surface area contributed by atoms with Crippen molar-refractivity contribution in [3.8, 4) is 0 Å². The molecule has 0 aromatic heterocycles. The molecule has 0 unspecified atom stereocenters. The molecule has 0 aliphatic carbocycles. The third-order valence-electron chi connectivity index (χ3n) is 2.12. The lowest BCUT2D eigenvalue weighted by atomic mass is 10.1. The number of hydrogen-bond acceptors (Lipinski definition) is 1. The molecular formula is C12H17N. The normalized spacial score (nSPS) is 13.1. The van der Waals surface area contributed by atoms with Gasteiger partial charge in [0.2, 0.25) is 0 Å². The number of nitrogens with one attached hydrogen (secondary N) is 1. The second-order valence-electron chi connectivity index (χ2n) is 3.23. The summed E-state index contributed by atoms with van der Waals surface area (Å²) in [4.78, 5) is 0. The van der Waals surface area contributed by atoms with Gasteiger partial charge in [0.1, 0.15) is 0 Å². The van der Waals surface area contributed by atoms with Crippen molar-refractivity contribution >= 4 is 0 Å². The Morgan fingerprint density at radius 2 is 1.69 bits per heavy atom. The van der Waals surface area contributed by atoms with Crippen molar-refractivity contribution in [3.63, 3.8) is 0 Å². The van der Waals surface area contributed by atoms with Gasteiger partial charge in [-0.25, -0.2) is 0 Å². The molecule has 0 bridgehead atoms. The van der Waals surface area contributed by atoms with Crippen LogP contribution in [0.4, 0.5) is 0 Å². The van der Waals surface area contributed by atoms with E-state index >= 15 is 0 Å². The Kier molecular flexibility index (Phi) is 4.10. The summed E-state index contributed by atoms with van der Waals surface area (Å²) in [5, 5.41) is 3.04. The van der Waals surface area contributed by atoms with Crippen LogP contribution in [0.2, 0.25) is 0 Å². The van der Waals surface area contributed by atoms with Gasteiger partial charge in [0.25, 0.3) is 0 Å². The van der Waals surface area contributed by atoms with Crippen molar-refractivity contribution in [1.29, 1.82) is 0 Å². The minimum atomic E-state index is 1.14. The van der Waals surface area contributed by atoms with E-state index in [1.807, 2.05) is 6.20 Å². The second kappa shape index (κ2) is 5.41. The first-order valence-electron chi connectivity index (χ1n) is 4.71. The molecule has 0 atom stereocenters. The molecule has 1 aromatic carbocycles. The van der Waals surface area contributed by atoms with Gasteiger partial charge in [0, 0.05) is 6.54 Å². The SMILES string of the molecule is C1=CNCC1.Cc1ccccc1C. The van der Waals surface area contributed by atoms with Crippen molar-refractivity contribution < 1.29 is 0 Å². The third-order valence-corrected chi connectivity index (χ3v) is 2.12. The van der Waals surface area contributed by atoms with Gasteiger partial charge in [-0.15, -0.1) is 0 Å². The highest BCUT2D eigenvalue weighted by Gasteiger charge is 1.83. The van der Waals surface area contributed by atoms with E-state index in [4.69, 9.17) is 0 Å². The van der Waals surface area contributed by atoms with Crippen LogP contribution in [0.15, 0.2) is 36.5 Å². The smallest absolute Gasteiger partial charge is 0.0176 e. The van der Waals surface area contributed by atoms with E-state index in [0.717, 1.165) is 6.54 Å². The number of rotatable bonds is 0. The molecule has 0 spiro atoms. The van der Waals surface area contributed by atoms with Crippen molar-refractivity contribution in [3.05, 3.63) is 47.7 Å². The fourth-order valence-electron chi connectivity index (χ4n) is 1.08. The molecule has 1 heteroatoms. The van der Waals surface area contributed by atoms with Crippen LogP contribution >= 0.6 is 0 Å². The molecule has 0 radical (unpaired) electrons. The summed E-state index contributed by atoms with van der Waals surface area (Å²) < 4.78 is 0. The van der Waals surface area contributed by atoms with Gasteiger partial charge < -0.3 is 5.32 Å². The van der Waals surface area contributed by atoms with E-state index < -0.39 is 0 Å². The summed E-state index contributed by atoms with van der Waals surface area (Å²) in [6, 6.07) is 8.36. The van der Waals surface area contributed by atoms with Crippen LogP contribution in [0.25, 0.3) is 0 Å². The largest absolute Gasteiger partial charge is 0.391 e. The van der Waals surface area contributed by atoms with Gasteiger partial charge in [-0.1, -0.05) is 30.3 Å². The molecule has 0 saturated carbocycles. The van der Waals surface area contributed by atoms with E-state index in [-0.39, 0.29) is 0 Å². The molecular weight excluding hydrogens is 158 g/mol. The van der Waals surface area contributed by atoms with Crippen LogP contribution < -0.4 is 5.32 Å². The van der Waals surface area contributed by atoms with Gasteiger partial charge in [-0.2, -0.15) is 0 Å². The minimum Gasteiger partial charge on any atom is -0.391 e. The Hall–Kier alpha value is -1.24. The summed E-state index contributed by atoms with van der Waals surface area (Å²) in [7, 11) is 0. The maximum atomic E-state index is 3.04. The van der Waals surface area contributed by atoms with Crippen molar-refractivity contribution in [1.82, 2.24) is 5.32 Å². The predicted octanol–water partition coefficient (Wildman–Crippen LogP) is 2.80. The molecule has 0 saturated heterocycles. The highest BCUT2D eigenvalue weighted by molar-refractivity contribution is 5.23. The third kappa shape index (κ3) is 3.79. The van der Waals surface area contributed by atoms with Crippen LogP contribution in [-0.2, 0) is 0 Å². The average molecular weight is 175 g/mol. The maximum Gasteiger partial charge on any atom is 0.0176 e. The molecule has 2 rings (SSSR count). The molecule has 1 aromatic rings. The average Bonchev–Trinajstić information content (AvgIpc) is 2.68. The molecule has 1 aliphatic rings. The van der Waals surface area contributed by atoms with E-state index in [1.165, 1.54) is 17.5 Å². The molecule has 0 amide bonds. The zero-order valence-electron chi connectivity index (χ0n) is 8.38. The van der Waals surface area contributed by atoms with E-state index in [9.17, 15) is 0 Å². The van der Waals surface area contributed by atoms with Crippen LogP contribution in [0.3, 0.4) is 0 Å². The van der Waals surface area contributed by atoms with Gasteiger partial charge in [-0.05, 0) is 37.6 Å². The fraction of sp³-hybridized carbons (Fsp3) is 0.333. The highest BCUT2D eigenvalue weighted by Crippen LogP contribution is 2.02. The lowest BCUT2D eigenvalue weighted by molar-refractivity contribution is 0.917. The lowest BCUT2D eigenvalue weighted by Crippen LogP contribution is -1.96. The van der Waals surface area contributed by atoms with Crippen molar-refractivity contribution in [2.24, 2.45) is 0 Å². The fourth-order valence-corrected chi connectivity index (χ4v) is 1.08. The van der Waals surface area contributed by atoms with Crippen LogP contribution in [0.5, 0.6) is 0 Å². The van der Waals surface area contributed by atoms with Gasteiger partial charge in [-0.3, -0.25) is 0 Å². The van der Waals surface area contributed by atoms with Crippen molar-refractivity contribution in [2.45, 2.75) is 20.3 Å². The zero-order valence-corrected chi connectivity index (χ0v) is 8.38. The van der Waals surface area contributed by atoms with Gasteiger partial charge >= 0.3 is 0 Å². The number of benzene rings is 1. The Bertz CT molecular complexity index is 249. The summed E-state index contributed by atoms with van der Waals surface area (Å²) in [5.41, 5.74) is 2.74. The molecule has 1 nitrogen and oxygen atoms in total. The second-order valence-corrected chi connectivity index (χ2v) is 3.23. The lowest BCUT2D eigenvalue weighted by Gasteiger charge is -1.93.